The number of ether oxygens (including phenoxy) is 2. The van der Waals surface area contributed by atoms with Crippen LogP contribution < -0.4 is 25.4 Å². The molecule has 4 rings (SSSR count). The van der Waals surface area contributed by atoms with Crippen LogP contribution in [0.1, 0.15) is 35.7 Å². The molecule has 5 amide bonds. The summed E-state index contributed by atoms with van der Waals surface area (Å²) in [5.74, 6) is 0.906. The predicted molar refractivity (Wildman–Crippen MR) is 161 cm³/mol. The molecule has 230 valence electrons. The van der Waals surface area contributed by atoms with E-state index in [0.717, 1.165) is 0 Å². The molecular formula is C30H38N6O7. The third kappa shape index (κ3) is 7.36. The molecule has 4 N–H and O–H groups in total. The number of fused-ring (bicyclic) bond motifs is 1. The second-order valence-electron chi connectivity index (χ2n) is 10.7. The molecule has 0 aliphatic carbocycles. The van der Waals surface area contributed by atoms with Crippen molar-refractivity contribution in [3.05, 3.63) is 59.5 Å². The standard InChI is InChI=1S/C30H38N6O7/c1-17-14-36(18(2)16-37)28(38)24-13-22(31-29(39)33-27-19(3)34-43-20(27)4)9-12-25(24)42-26(17)15-35(5)30(40)32-21-7-10-23(41-6)11-8-21/h7-13,17-18,26,37H,14-16H2,1-6H3,(H,32,40)(H2,31,33,39)/t17-,18+,26-/m0/s1. The number of methoxy groups -OCH3 is 1. The van der Waals surface area contributed by atoms with Crippen molar-refractivity contribution in [1.82, 2.24) is 15.0 Å². The number of rotatable bonds is 8. The summed E-state index contributed by atoms with van der Waals surface area (Å²) < 4.78 is 16.6. The number of likely N-dealkylation sites (N-methyl/N-ethyl adjacent to an activating group) is 1. The fraction of sp³-hybridized carbons (Fsp3) is 0.400. The fourth-order valence-corrected chi connectivity index (χ4v) is 4.70. The Hall–Kier alpha value is -4.78. The predicted octanol–water partition coefficient (Wildman–Crippen LogP) is 4.33. The van der Waals surface area contributed by atoms with E-state index in [0.29, 0.717) is 40.0 Å². The van der Waals surface area contributed by atoms with Gasteiger partial charge in [-0.1, -0.05) is 12.1 Å². The Bertz CT molecular complexity index is 1440. The van der Waals surface area contributed by atoms with Crippen LogP contribution in [-0.2, 0) is 0 Å². The summed E-state index contributed by atoms with van der Waals surface area (Å²) in [5, 5.41) is 22.1. The van der Waals surface area contributed by atoms with Gasteiger partial charge < -0.3 is 44.9 Å². The SMILES string of the molecule is COc1ccc(NC(=O)N(C)C[C@@H]2Oc3ccc(NC(=O)Nc4c(C)noc4C)cc3C(=O)N([C@H](C)CO)C[C@@H]2C)cc1. The number of aliphatic hydroxyl groups is 1. The Balaban J connectivity index is 1.54. The van der Waals surface area contributed by atoms with Crippen molar-refractivity contribution in [3.63, 3.8) is 0 Å². The molecule has 0 spiro atoms. The average molecular weight is 595 g/mol. The molecular weight excluding hydrogens is 556 g/mol. The number of carbonyl (C=O) groups excluding carboxylic acids is 3. The smallest absolute Gasteiger partial charge is 0.323 e. The number of benzene rings is 2. The van der Waals surface area contributed by atoms with Crippen molar-refractivity contribution in [2.75, 3.05) is 49.8 Å². The second kappa shape index (κ2) is 13.5. The molecule has 13 nitrogen and oxygen atoms in total. The maximum absolute atomic E-state index is 13.7. The molecule has 0 saturated heterocycles. The fourth-order valence-electron chi connectivity index (χ4n) is 4.70. The number of amides is 5. The van der Waals surface area contributed by atoms with Gasteiger partial charge in [0, 0.05) is 30.9 Å². The van der Waals surface area contributed by atoms with Gasteiger partial charge >= 0.3 is 12.1 Å². The summed E-state index contributed by atoms with van der Waals surface area (Å²) in [7, 11) is 3.24. The molecule has 2 aromatic carbocycles. The highest BCUT2D eigenvalue weighted by atomic mass is 16.5. The first-order valence-electron chi connectivity index (χ1n) is 13.9. The number of aromatic nitrogens is 1. The van der Waals surface area contributed by atoms with Gasteiger partial charge in [-0.05, 0) is 63.2 Å². The molecule has 0 unspecified atom stereocenters. The van der Waals surface area contributed by atoms with Gasteiger partial charge in [-0.25, -0.2) is 9.59 Å². The van der Waals surface area contributed by atoms with Crippen LogP contribution in [0, 0.1) is 19.8 Å². The highest BCUT2D eigenvalue weighted by Gasteiger charge is 2.34. The molecule has 3 aromatic rings. The van der Waals surface area contributed by atoms with Crippen LogP contribution >= 0.6 is 0 Å². The molecule has 13 heteroatoms. The third-order valence-corrected chi connectivity index (χ3v) is 7.34. The maximum atomic E-state index is 13.7. The molecule has 1 aromatic heterocycles. The van der Waals surface area contributed by atoms with Crippen LogP contribution in [0.4, 0.5) is 26.7 Å². The van der Waals surface area contributed by atoms with Crippen LogP contribution in [0.25, 0.3) is 0 Å². The Labute approximate surface area is 250 Å². The molecule has 1 aliphatic heterocycles. The molecule has 2 heterocycles. The minimum Gasteiger partial charge on any atom is -0.497 e. The lowest BCUT2D eigenvalue weighted by atomic mass is 9.99. The van der Waals surface area contributed by atoms with Crippen LogP contribution in [-0.4, -0.2) is 84.0 Å². The minimum absolute atomic E-state index is 0.194. The largest absolute Gasteiger partial charge is 0.497 e. The Morgan fingerprint density at radius 1 is 1.14 bits per heavy atom. The van der Waals surface area contributed by atoms with E-state index in [1.54, 1.807) is 76.2 Å². The van der Waals surface area contributed by atoms with Gasteiger partial charge in [0.25, 0.3) is 5.91 Å². The van der Waals surface area contributed by atoms with Gasteiger partial charge in [0.05, 0.1) is 31.9 Å². The van der Waals surface area contributed by atoms with Gasteiger partial charge in [-0.2, -0.15) is 0 Å². The zero-order valence-electron chi connectivity index (χ0n) is 25.1. The van der Waals surface area contributed by atoms with E-state index in [2.05, 4.69) is 21.1 Å². The molecule has 3 atom stereocenters. The maximum Gasteiger partial charge on any atom is 0.323 e. The Morgan fingerprint density at radius 2 is 1.84 bits per heavy atom. The summed E-state index contributed by atoms with van der Waals surface area (Å²) in [4.78, 5) is 42.5. The van der Waals surface area contributed by atoms with E-state index in [1.807, 2.05) is 6.92 Å². The van der Waals surface area contributed by atoms with Crippen LogP contribution in [0.15, 0.2) is 47.0 Å². The van der Waals surface area contributed by atoms with Gasteiger partial charge in [0.15, 0.2) is 5.76 Å². The van der Waals surface area contributed by atoms with Crippen molar-refractivity contribution in [2.45, 2.75) is 39.8 Å². The lowest BCUT2D eigenvalue weighted by molar-refractivity contribution is 0.0371. The Kier molecular flexibility index (Phi) is 9.76. The van der Waals surface area contributed by atoms with E-state index < -0.39 is 18.2 Å². The zero-order chi connectivity index (χ0) is 31.3. The normalized spacial score (nSPS) is 17.1. The van der Waals surface area contributed by atoms with Gasteiger partial charge in [0.2, 0.25) is 0 Å². The monoisotopic (exact) mass is 594 g/mol. The number of carbonyl (C=O) groups is 3. The highest BCUT2D eigenvalue weighted by Crippen LogP contribution is 2.31. The first kappa shape index (κ1) is 31.2. The second-order valence-corrected chi connectivity index (χ2v) is 10.7. The van der Waals surface area contributed by atoms with Crippen LogP contribution in [0.2, 0.25) is 0 Å². The summed E-state index contributed by atoms with van der Waals surface area (Å²) in [6, 6.07) is 10.4. The molecule has 0 radical (unpaired) electrons. The lowest BCUT2D eigenvalue weighted by Gasteiger charge is -2.38. The van der Waals surface area contributed by atoms with E-state index in [1.165, 1.54) is 11.0 Å². The van der Waals surface area contributed by atoms with E-state index in [-0.39, 0.29) is 43.1 Å². The van der Waals surface area contributed by atoms with Crippen LogP contribution in [0.3, 0.4) is 0 Å². The number of nitrogens with one attached hydrogen (secondary N) is 3. The lowest BCUT2D eigenvalue weighted by Crippen LogP contribution is -2.50. The topological polar surface area (TPSA) is 158 Å². The highest BCUT2D eigenvalue weighted by molar-refractivity contribution is 6.03. The number of nitrogens with zero attached hydrogens (tertiary/aromatic N) is 3. The molecule has 43 heavy (non-hydrogen) atoms. The summed E-state index contributed by atoms with van der Waals surface area (Å²) in [5.41, 5.74) is 2.19. The van der Waals surface area contributed by atoms with Crippen molar-refractivity contribution in [2.24, 2.45) is 5.92 Å². The van der Waals surface area contributed by atoms with Gasteiger partial charge in [-0.3, -0.25) is 4.79 Å². The average Bonchev–Trinajstić information content (AvgIpc) is 3.31. The summed E-state index contributed by atoms with van der Waals surface area (Å²) >= 11 is 0. The number of hydrogen-bond donors (Lipinski definition) is 4. The first-order chi connectivity index (χ1) is 20.5. The Morgan fingerprint density at radius 3 is 2.47 bits per heavy atom. The number of anilines is 3. The van der Waals surface area contributed by atoms with Gasteiger partial charge in [-0.15, -0.1) is 0 Å². The number of hydrogen-bond acceptors (Lipinski definition) is 8. The third-order valence-electron chi connectivity index (χ3n) is 7.34. The summed E-state index contributed by atoms with van der Waals surface area (Å²) in [6.07, 6.45) is -0.492. The van der Waals surface area contributed by atoms with E-state index >= 15 is 0 Å². The number of aryl methyl sites for hydroxylation is 2. The van der Waals surface area contributed by atoms with Gasteiger partial charge in [0.1, 0.15) is 29.0 Å². The first-order valence-corrected chi connectivity index (χ1v) is 13.9. The quantitative estimate of drug-likeness (QED) is 0.300. The molecule has 0 fully saturated rings. The molecule has 0 saturated carbocycles. The number of aliphatic hydroxyl groups excluding tert-OH is 1. The zero-order valence-corrected chi connectivity index (χ0v) is 25.1. The summed E-state index contributed by atoms with van der Waals surface area (Å²) in [6.45, 7) is 7.36. The van der Waals surface area contributed by atoms with Crippen molar-refractivity contribution >= 4 is 35.0 Å². The van der Waals surface area contributed by atoms with E-state index in [9.17, 15) is 19.5 Å². The van der Waals surface area contributed by atoms with Crippen molar-refractivity contribution in [3.8, 4) is 11.5 Å². The minimum atomic E-state index is -0.537. The van der Waals surface area contributed by atoms with E-state index in [4.69, 9.17) is 14.0 Å². The van der Waals surface area contributed by atoms with Crippen molar-refractivity contribution < 1.29 is 33.5 Å². The molecule has 0 bridgehead atoms. The van der Waals surface area contributed by atoms with Crippen LogP contribution in [0.5, 0.6) is 11.5 Å². The van der Waals surface area contributed by atoms with Crippen molar-refractivity contribution in [1.29, 1.82) is 0 Å². The number of urea groups is 2. The molecule has 1 aliphatic rings.